The Balaban J connectivity index is 2.42. The minimum absolute atomic E-state index is 0.312. The average Bonchev–Trinajstić information content (AvgIpc) is 2.42. The van der Waals surface area contributed by atoms with Crippen molar-refractivity contribution in [2.75, 3.05) is 0 Å². The Morgan fingerprint density at radius 1 is 1.05 bits per heavy atom. The van der Waals surface area contributed by atoms with Crippen LogP contribution in [0.2, 0.25) is 10.0 Å². The van der Waals surface area contributed by atoms with Crippen LogP contribution in [0.3, 0.4) is 0 Å². The van der Waals surface area contributed by atoms with Gasteiger partial charge in [-0.2, -0.15) is 5.10 Å². The number of aromatic amines is 1. The van der Waals surface area contributed by atoms with Crippen LogP contribution < -0.4 is 5.56 Å². The predicted molar refractivity (Wildman–Crippen MR) is 75.6 cm³/mol. The van der Waals surface area contributed by atoms with Crippen molar-refractivity contribution in [3.8, 4) is 11.4 Å². The molecule has 19 heavy (non-hydrogen) atoms. The Bertz CT molecular complexity index is 815. The molecule has 0 saturated heterocycles. The van der Waals surface area contributed by atoms with Crippen molar-refractivity contribution < 1.29 is 0 Å². The van der Waals surface area contributed by atoms with Crippen LogP contribution >= 0.6 is 23.2 Å². The van der Waals surface area contributed by atoms with E-state index in [-0.39, 0.29) is 5.56 Å². The lowest BCUT2D eigenvalue weighted by Gasteiger charge is -2.05. The van der Waals surface area contributed by atoms with E-state index in [9.17, 15) is 4.79 Å². The van der Waals surface area contributed by atoms with Crippen molar-refractivity contribution in [2.45, 2.75) is 0 Å². The second-order valence-corrected chi connectivity index (χ2v) is 4.74. The SMILES string of the molecule is O=c1[nH]nc(-c2ccccn2)c2cc(Cl)c(Cl)cc12. The lowest BCUT2D eigenvalue weighted by molar-refractivity contribution is 1.01. The third-order valence-electron chi connectivity index (χ3n) is 2.74. The quantitative estimate of drug-likeness (QED) is 0.748. The number of fused-ring (bicyclic) bond motifs is 1. The van der Waals surface area contributed by atoms with Crippen LogP contribution in [0.5, 0.6) is 0 Å². The zero-order chi connectivity index (χ0) is 13.4. The molecule has 0 bridgehead atoms. The van der Waals surface area contributed by atoms with E-state index < -0.39 is 0 Å². The molecule has 3 aromatic rings. The maximum absolute atomic E-state index is 11.8. The summed E-state index contributed by atoms with van der Waals surface area (Å²) in [6, 6.07) is 8.62. The van der Waals surface area contributed by atoms with Gasteiger partial charge in [-0.15, -0.1) is 0 Å². The second-order valence-electron chi connectivity index (χ2n) is 3.93. The molecular weight excluding hydrogens is 285 g/mol. The van der Waals surface area contributed by atoms with Gasteiger partial charge in [0.1, 0.15) is 5.69 Å². The van der Waals surface area contributed by atoms with Gasteiger partial charge in [0, 0.05) is 11.6 Å². The number of hydrogen-bond donors (Lipinski definition) is 1. The fourth-order valence-electron chi connectivity index (χ4n) is 1.86. The molecule has 3 rings (SSSR count). The van der Waals surface area contributed by atoms with E-state index in [1.807, 2.05) is 12.1 Å². The predicted octanol–water partition coefficient (Wildman–Crippen LogP) is 3.29. The van der Waals surface area contributed by atoms with Crippen LogP contribution in [-0.4, -0.2) is 15.2 Å². The highest BCUT2D eigenvalue weighted by Crippen LogP contribution is 2.30. The molecule has 0 fully saturated rings. The number of nitrogens with one attached hydrogen (secondary N) is 1. The van der Waals surface area contributed by atoms with E-state index in [4.69, 9.17) is 23.2 Å². The van der Waals surface area contributed by atoms with Crippen molar-refractivity contribution in [3.63, 3.8) is 0 Å². The van der Waals surface area contributed by atoms with Crippen LogP contribution in [0, 0.1) is 0 Å². The fourth-order valence-corrected chi connectivity index (χ4v) is 2.18. The number of aromatic nitrogens is 3. The number of halogens is 2. The zero-order valence-electron chi connectivity index (χ0n) is 9.52. The first kappa shape index (κ1) is 12.1. The number of benzene rings is 1. The summed E-state index contributed by atoms with van der Waals surface area (Å²) in [5, 5.41) is 8.25. The number of pyridine rings is 1. The van der Waals surface area contributed by atoms with Crippen LogP contribution in [0.4, 0.5) is 0 Å². The molecule has 0 amide bonds. The van der Waals surface area contributed by atoms with Crippen molar-refractivity contribution >= 4 is 34.0 Å². The van der Waals surface area contributed by atoms with E-state index >= 15 is 0 Å². The van der Waals surface area contributed by atoms with Crippen LogP contribution in [0.25, 0.3) is 22.2 Å². The Morgan fingerprint density at radius 2 is 1.79 bits per heavy atom. The van der Waals surface area contributed by atoms with Gasteiger partial charge in [0.25, 0.3) is 5.56 Å². The lowest BCUT2D eigenvalue weighted by atomic mass is 10.1. The van der Waals surface area contributed by atoms with Crippen LogP contribution in [-0.2, 0) is 0 Å². The molecule has 0 spiro atoms. The van der Waals surface area contributed by atoms with Gasteiger partial charge in [-0.1, -0.05) is 29.3 Å². The Kier molecular flexibility index (Phi) is 2.97. The summed E-state index contributed by atoms with van der Waals surface area (Å²) >= 11 is 11.9. The molecule has 0 aliphatic heterocycles. The highest BCUT2D eigenvalue weighted by Gasteiger charge is 2.12. The topological polar surface area (TPSA) is 58.6 Å². The molecule has 0 aliphatic rings. The maximum Gasteiger partial charge on any atom is 0.272 e. The average molecular weight is 292 g/mol. The highest BCUT2D eigenvalue weighted by molar-refractivity contribution is 6.42. The van der Waals surface area contributed by atoms with E-state index in [1.165, 1.54) is 6.07 Å². The summed E-state index contributed by atoms with van der Waals surface area (Å²) in [5.41, 5.74) is 0.907. The third kappa shape index (κ3) is 2.09. The number of nitrogens with zero attached hydrogens (tertiary/aromatic N) is 2. The lowest BCUT2D eigenvalue weighted by Crippen LogP contribution is -2.09. The summed E-state index contributed by atoms with van der Waals surface area (Å²) in [6.45, 7) is 0. The largest absolute Gasteiger partial charge is 0.272 e. The summed E-state index contributed by atoms with van der Waals surface area (Å²) in [7, 11) is 0. The number of hydrogen-bond acceptors (Lipinski definition) is 3. The first-order valence-corrected chi connectivity index (χ1v) is 6.21. The van der Waals surface area contributed by atoms with Gasteiger partial charge < -0.3 is 0 Å². The summed E-state index contributed by atoms with van der Waals surface area (Å²) < 4.78 is 0. The van der Waals surface area contributed by atoms with Crippen molar-refractivity contribution in [3.05, 3.63) is 56.9 Å². The number of H-pyrrole nitrogens is 1. The van der Waals surface area contributed by atoms with Gasteiger partial charge in [-0.25, -0.2) is 5.10 Å². The maximum atomic E-state index is 11.8. The van der Waals surface area contributed by atoms with Gasteiger partial charge in [0.2, 0.25) is 0 Å². The zero-order valence-corrected chi connectivity index (χ0v) is 11.0. The molecule has 0 unspecified atom stereocenters. The second kappa shape index (κ2) is 4.64. The normalized spacial score (nSPS) is 10.8. The smallest absolute Gasteiger partial charge is 0.267 e. The van der Waals surface area contributed by atoms with Gasteiger partial charge in [0.15, 0.2) is 0 Å². The Hall–Kier alpha value is -1.91. The standard InChI is InChI=1S/C13H7Cl2N3O/c14-9-5-7-8(6-10(9)15)13(19)18-17-12(7)11-3-1-2-4-16-11/h1-6H,(H,18,19). The number of rotatable bonds is 1. The molecule has 1 aromatic carbocycles. The van der Waals surface area contributed by atoms with E-state index in [2.05, 4.69) is 15.2 Å². The van der Waals surface area contributed by atoms with Gasteiger partial charge in [-0.05, 0) is 24.3 Å². The van der Waals surface area contributed by atoms with Crippen molar-refractivity contribution in [1.82, 2.24) is 15.2 Å². The molecule has 4 nitrogen and oxygen atoms in total. The first-order chi connectivity index (χ1) is 9.16. The third-order valence-corrected chi connectivity index (χ3v) is 3.46. The first-order valence-electron chi connectivity index (χ1n) is 5.45. The molecule has 0 saturated carbocycles. The van der Waals surface area contributed by atoms with Gasteiger partial charge in [0.05, 0.1) is 21.1 Å². The molecule has 0 atom stereocenters. The molecular formula is C13H7Cl2N3O. The van der Waals surface area contributed by atoms with Gasteiger partial charge >= 0.3 is 0 Å². The monoisotopic (exact) mass is 291 g/mol. The molecule has 1 N–H and O–H groups in total. The molecule has 0 aliphatic carbocycles. The molecule has 0 radical (unpaired) electrons. The minimum atomic E-state index is -0.312. The van der Waals surface area contributed by atoms with Crippen molar-refractivity contribution in [2.24, 2.45) is 0 Å². The summed E-state index contributed by atoms with van der Waals surface area (Å²) in [6.07, 6.45) is 1.66. The molecule has 94 valence electrons. The van der Waals surface area contributed by atoms with Gasteiger partial charge in [-0.3, -0.25) is 9.78 Å². The van der Waals surface area contributed by atoms with E-state index in [1.54, 1.807) is 18.3 Å². The van der Waals surface area contributed by atoms with Crippen LogP contribution in [0.1, 0.15) is 0 Å². The summed E-state index contributed by atoms with van der Waals surface area (Å²) in [5.74, 6) is 0. The van der Waals surface area contributed by atoms with Crippen LogP contribution in [0.15, 0.2) is 41.3 Å². The summed E-state index contributed by atoms with van der Waals surface area (Å²) in [4.78, 5) is 16.0. The van der Waals surface area contributed by atoms with Crippen molar-refractivity contribution in [1.29, 1.82) is 0 Å². The molecule has 2 heterocycles. The van der Waals surface area contributed by atoms with E-state index in [0.717, 1.165) is 0 Å². The fraction of sp³-hybridized carbons (Fsp3) is 0. The van der Waals surface area contributed by atoms with E-state index in [0.29, 0.717) is 32.2 Å². The Morgan fingerprint density at radius 3 is 2.47 bits per heavy atom. The molecule has 6 heteroatoms. The Labute approximate surface area is 118 Å². The molecule has 2 aromatic heterocycles. The highest BCUT2D eigenvalue weighted by atomic mass is 35.5. The minimum Gasteiger partial charge on any atom is -0.267 e.